The number of rotatable bonds is 7. The predicted octanol–water partition coefficient (Wildman–Crippen LogP) is 0.167. The number of aromatic nitrogens is 2. The van der Waals surface area contributed by atoms with Crippen LogP contribution in [0.2, 0.25) is 0 Å². The fourth-order valence-electron chi connectivity index (χ4n) is 1.88. The zero-order valence-corrected chi connectivity index (χ0v) is 13.7. The van der Waals surface area contributed by atoms with Crippen molar-refractivity contribution >= 4 is 24.2 Å². The van der Waals surface area contributed by atoms with E-state index < -0.39 is 0 Å². The summed E-state index contributed by atoms with van der Waals surface area (Å²) in [6.07, 6.45) is 2.32. The first kappa shape index (κ1) is 19.6. The van der Waals surface area contributed by atoms with Crippen LogP contribution in [0.5, 0.6) is 0 Å². The summed E-state index contributed by atoms with van der Waals surface area (Å²) < 4.78 is 14.5. The highest BCUT2D eigenvalue weighted by atomic mass is 35.5. The molecule has 0 spiro atoms. The first-order chi connectivity index (χ1) is 11.1. The predicted molar refractivity (Wildman–Crippen MR) is 89.5 cm³/mol. The molecule has 1 heterocycles. The molecule has 0 aliphatic carbocycles. The molecular formula is C15H19ClFN5O2. The maximum atomic E-state index is 12.9. The van der Waals surface area contributed by atoms with E-state index in [0.717, 1.165) is 11.4 Å². The highest BCUT2D eigenvalue weighted by molar-refractivity contribution is 5.85. The maximum Gasteiger partial charge on any atom is 0.239 e. The van der Waals surface area contributed by atoms with Crippen LogP contribution < -0.4 is 16.4 Å². The van der Waals surface area contributed by atoms with Crippen LogP contribution >= 0.6 is 12.4 Å². The van der Waals surface area contributed by atoms with Crippen LogP contribution in [0.4, 0.5) is 4.39 Å². The molecule has 0 radical (unpaired) electrons. The van der Waals surface area contributed by atoms with E-state index in [1.807, 2.05) is 6.07 Å². The number of hydrogen-bond acceptors (Lipinski definition) is 4. The Bertz CT molecular complexity index is 675. The molecule has 0 aliphatic rings. The molecule has 0 aliphatic heterocycles. The second-order valence-electron chi connectivity index (χ2n) is 4.81. The zero-order chi connectivity index (χ0) is 16.7. The van der Waals surface area contributed by atoms with Gasteiger partial charge in [-0.25, -0.2) is 9.07 Å². The van der Waals surface area contributed by atoms with Gasteiger partial charge in [0.1, 0.15) is 5.82 Å². The summed E-state index contributed by atoms with van der Waals surface area (Å²) in [5.41, 5.74) is 6.67. The SMILES string of the molecule is Cl.NCC(=O)NCC(=O)NCCc1ccn(-c2ccc(F)cc2)n1. The minimum absolute atomic E-state index is 0. The van der Waals surface area contributed by atoms with Gasteiger partial charge in [-0.05, 0) is 30.3 Å². The molecular weight excluding hydrogens is 337 g/mol. The van der Waals surface area contributed by atoms with Crippen molar-refractivity contribution in [2.45, 2.75) is 6.42 Å². The monoisotopic (exact) mass is 355 g/mol. The molecule has 0 saturated heterocycles. The van der Waals surface area contributed by atoms with Crippen molar-refractivity contribution in [2.75, 3.05) is 19.6 Å². The molecule has 0 saturated carbocycles. The van der Waals surface area contributed by atoms with Gasteiger partial charge >= 0.3 is 0 Å². The van der Waals surface area contributed by atoms with Crippen molar-refractivity contribution in [3.63, 3.8) is 0 Å². The first-order valence-electron chi connectivity index (χ1n) is 7.12. The fraction of sp³-hybridized carbons (Fsp3) is 0.267. The molecule has 0 atom stereocenters. The second kappa shape index (κ2) is 9.64. The van der Waals surface area contributed by atoms with Crippen molar-refractivity contribution < 1.29 is 14.0 Å². The van der Waals surface area contributed by atoms with Gasteiger partial charge in [-0.3, -0.25) is 9.59 Å². The lowest BCUT2D eigenvalue weighted by atomic mass is 10.3. The highest BCUT2D eigenvalue weighted by Crippen LogP contribution is 2.09. The summed E-state index contributed by atoms with van der Waals surface area (Å²) in [5.74, 6) is -0.964. The first-order valence-corrected chi connectivity index (χ1v) is 7.12. The lowest BCUT2D eigenvalue weighted by molar-refractivity contribution is -0.125. The van der Waals surface area contributed by atoms with Gasteiger partial charge in [0, 0.05) is 19.2 Å². The van der Waals surface area contributed by atoms with Gasteiger partial charge in [0.25, 0.3) is 0 Å². The van der Waals surface area contributed by atoms with Crippen molar-refractivity contribution in [2.24, 2.45) is 5.73 Å². The number of halogens is 2. The Balaban J connectivity index is 0.00000288. The van der Waals surface area contributed by atoms with Gasteiger partial charge in [-0.2, -0.15) is 5.10 Å². The van der Waals surface area contributed by atoms with Crippen molar-refractivity contribution in [1.82, 2.24) is 20.4 Å². The van der Waals surface area contributed by atoms with E-state index >= 15 is 0 Å². The molecule has 1 aromatic heterocycles. The lowest BCUT2D eigenvalue weighted by Crippen LogP contribution is -2.40. The number of nitrogens with zero attached hydrogens (tertiary/aromatic N) is 2. The van der Waals surface area contributed by atoms with Crippen LogP contribution in [0.1, 0.15) is 5.69 Å². The van der Waals surface area contributed by atoms with E-state index in [1.165, 1.54) is 12.1 Å². The quantitative estimate of drug-likeness (QED) is 0.658. The van der Waals surface area contributed by atoms with Gasteiger partial charge in [0.15, 0.2) is 0 Å². The second-order valence-corrected chi connectivity index (χ2v) is 4.81. The van der Waals surface area contributed by atoms with E-state index in [0.29, 0.717) is 13.0 Å². The topological polar surface area (TPSA) is 102 Å². The van der Waals surface area contributed by atoms with Crippen LogP contribution in [0.15, 0.2) is 36.5 Å². The van der Waals surface area contributed by atoms with Crippen molar-refractivity contribution in [3.05, 3.63) is 48.0 Å². The van der Waals surface area contributed by atoms with Gasteiger partial charge in [0.05, 0.1) is 24.5 Å². The minimum Gasteiger partial charge on any atom is -0.354 e. The smallest absolute Gasteiger partial charge is 0.239 e. The van der Waals surface area contributed by atoms with E-state index in [1.54, 1.807) is 23.0 Å². The minimum atomic E-state index is -0.377. The summed E-state index contributed by atoms with van der Waals surface area (Å²) in [4.78, 5) is 22.4. The number of amides is 2. The van der Waals surface area contributed by atoms with Crippen molar-refractivity contribution in [1.29, 1.82) is 0 Å². The molecule has 7 nitrogen and oxygen atoms in total. The summed E-state index contributed by atoms with van der Waals surface area (Å²) in [5, 5.41) is 9.41. The third-order valence-corrected chi connectivity index (χ3v) is 3.07. The van der Waals surface area contributed by atoms with Gasteiger partial charge in [-0.1, -0.05) is 0 Å². The molecule has 0 fully saturated rings. The molecule has 2 rings (SSSR count). The van der Waals surface area contributed by atoms with E-state index in [2.05, 4.69) is 15.7 Å². The molecule has 2 amide bonds. The summed E-state index contributed by atoms with van der Waals surface area (Å²) in [6.45, 7) is 0.159. The zero-order valence-electron chi connectivity index (χ0n) is 12.9. The molecule has 2 aromatic rings. The molecule has 0 unspecified atom stereocenters. The van der Waals surface area contributed by atoms with Crippen LogP contribution in [0, 0.1) is 5.82 Å². The maximum absolute atomic E-state index is 12.9. The third kappa shape index (κ3) is 5.98. The Morgan fingerprint density at radius 1 is 1.12 bits per heavy atom. The summed E-state index contributed by atoms with van der Waals surface area (Å²) >= 11 is 0. The van der Waals surface area contributed by atoms with E-state index in [9.17, 15) is 14.0 Å². The van der Waals surface area contributed by atoms with Crippen molar-refractivity contribution in [3.8, 4) is 5.69 Å². The number of carbonyl (C=O) groups excluding carboxylic acids is 2. The molecule has 4 N–H and O–H groups in total. The Kier molecular flexibility index (Phi) is 7.87. The average Bonchev–Trinajstić information content (AvgIpc) is 3.02. The Hall–Kier alpha value is -2.45. The van der Waals surface area contributed by atoms with Gasteiger partial charge in [-0.15, -0.1) is 12.4 Å². The molecule has 130 valence electrons. The Morgan fingerprint density at radius 3 is 2.50 bits per heavy atom. The van der Waals surface area contributed by atoms with Gasteiger partial charge in [0.2, 0.25) is 11.8 Å². The molecule has 0 bridgehead atoms. The van der Waals surface area contributed by atoms with Crippen LogP contribution in [0.3, 0.4) is 0 Å². The highest BCUT2D eigenvalue weighted by Gasteiger charge is 2.05. The average molecular weight is 356 g/mol. The summed E-state index contributed by atoms with van der Waals surface area (Å²) in [7, 11) is 0. The molecule has 24 heavy (non-hydrogen) atoms. The van der Waals surface area contributed by atoms with E-state index in [4.69, 9.17) is 5.73 Å². The Labute approximate surface area is 144 Å². The largest absolute Gasteiger partial charge is 0.354 e. The normalized spacial score (nSPS) is 9.92. The van der Waals surface area contributed by atoms with E-state index in [-0.39, 0.29) is 43.1 Å². The Morgan fingerprint density at radius 2 is 1.83 bits per heavy atom. The lowest BCUT2D eigenvalue weighted by Gasteiger charge is -2.05. The number of nitrogens with one attached hydrogen (secondary N) is 2. The molecule has 9 heteroatoms. The number of hydrogen-bond donors (Lipinski definition) is 3. The molecule has 1 aromatic carbocycles. The summed E-state index contributed by atoms with van der Waals surface area (Å²) in [6, 6.07) is 7.83. The fourth-order valence-corrected chi connectivity index (χ4v) is 1.88. The third-order valence-electron chi connectivity index (χ3n) is 3.07. The van der Waals surface area contributed by atoms with Gasteiger partial charge < -0.3 is 16.4 Å². The number of nitrogens with two attached hydrogens (primary N) is 1. The van der Waals surface area contributed by atoms with Crippen LogP contribution in [-0.4, -0.2) is 41.2 Å². The van der Waals surface area contributed by atoms with Crippen LogP contribution in [-0.2, 0) is 16.0 Å². The standard InChI is InChI=1S/C15H18FN5O2.ClH/c16-11-1-3-13(4-2-11)21-8-6-12(20-21)5-7-18-15(23)10-19-14(22)9-17;/h1-4,6,8H,5,7,9-10,17H2,(H,18,23)(H,19,22);1H. The number of benzene rings is 1. The van der Waals surface area contributed by atoms with Crippen LogP contribution in [0.25, 0.3) is 5.69 Å². The number of carbonyl (C=O) groups is 2.